The number of aromatic nitrogens is 2. The fourth-order valence-electron chi connectivity index (χ4n) is 2.00. The molecule has 0 aliphatic heterocycles. The summed E-state index contributed by atoms with van der Waals surface area (Å²) < 4.78 is 0. The predicted molar refractivity (Wildman–Crippen MR) is 76.5 cm³/mol. The Bertz CT molecular complexity index is 768. The highest BCUT2D eigenvalue weighted by Crippen LogP contribution is 2.25. The largest absolute Gasteiger partial charge is 0.319 e. The smallest absolute Gasteiger partial charge is 0.272 e. The minimum atomic E-state index is -0.547. The molecule has 2 aromatic carbocycles. The van der Waals surface area contributed by atoms with Gasteiger partial charge in [0.15, 0.2) is 0 Å². The van der Waals surface area contributed by atoms with Gasteiger partial charge in [0.05, 0.1) is 11.0 Å². The van der Waals surface area contributed by atoms with Crippen LogP contribution < -0.4 is 5.56 Å². The van der Waals surface area contributed by atoms with Crippen LogP contribution in [0.5, 0.6) is 0 Å². The van der Waals surface area contributed by atoms with Gasteiger partial charge in [0.25, 0.3) is 5.56 Å². The van der Waals surface area contributed by atoms with Crippen LogP contribution in [0.15, 0.2) is 59.4 Å². The van der Waals surface area contributed by atoms with Crippen LogP contribution in [-0.2, 0) is 0 Å². The topological polar surface area (TPSA) is 45.8 Å². The van der Waals surface area contributed by atoms with Gasteiger partial charge >= 0.3 is 0 Å². The Morgan fingerprint density at radius 3 is 2.47 bits per heavy atom. The van der Waals surface area contributed by atoms with Crippen LogP contribution in [-0.4, -0.2) is 9.97 Å². The molecule has 3 aromatic rings. The molecule has 0 amide bonds. The number of para-hydroxylation sites is 2. The van der Waals surface area contributed by atoms with E-state index >= 15 is 0 Å². The minimum absolute atomic E-state index is 0.248. The summed E-state index contributed by atoms with van der Waals surface area (Å²) in [6, 6.07) is 16.9. The molecule has 0 aliphatic carbocycles. The average molecular weight is 271 g/mol. The minimum Gasteiger partial charge on any atom is -0.319 e. The first-order chi connectivity index (χ1) is 9.25. The third-order valence-corrected chi connectivity index (χ3v) is 3.42. The van der Waals surface area contributed by atoms with Crippen molar-refractivity contribution < 1.29 is 0 Å². The molecule has 0 aliphatic rings. The van der Waals surface area contributed by atoms with Gasteiger partial charge in [0.1, 0.15) is 11.1 Å². The number of alkyl halides is 1. The number of hydrogen-bond acceptors (Lipinski definition) is 2. The maximum absolute atomic E-state index is 12.0. The number of fused-ring (bicyclic) bond motifs is 1. The molecule has 19 heavy (non-hydrogen) atoms. The zero-order chi connectivity index (χ0) is 13.2. The Morgan fingerprint density at radius 2 is 1.68 bits per heavy atom. The van der Waals surface area contributed by atoms with Crippen molar-refractivity contribution in [3.05, 3.63) is 76.2 Å². The summed E-state index contributed by atoms with van der Waals surface area (Å²) in [7, 11) is 0. The molecular weight excluding hydrogens is 260 g/mol. The van der Waals surface area contributed by atoms with Crippen molar-refractivity contribution >= 4 is 22.6 Å². The Hall–Kier alpha value is -2.13. The number of H-pyrrole nitrogens is 1. The van der Waals surface area contributed by atoms with Crippen LogP contribution in [0.3, 0.4) is 0 Å². The molecule has 0 radical (unpaired) electrons. The van der Waals surface area contributed by atoms with Crippen molar-refractivity contribution in [2.45, 2.75) is 5.38 Å². The second-order valence-electron chi connectivity index (χ2n) is 4.24. The van der Waals surface area contributed by atoms with E-state index in [4.69, 9.17) is 11.6 Å². The number of benzene rings is 2. The van der Waals surface area contributed by atoms with Crippen molar-refractivity contribution in [2.24, 2.45) is 0 Å². The van der Waals surface area contributed by atoms with E-state index in [0.717, 1.165) is 11.1 Å². The molecule has 0 saturated heterocycles. The van der Waals surface area contributed by atoms with E-state index in [0.29, 0.717) is 11.2 Å². The van der Waals surface area contributed by atoms with Crippen molar-refractivity contribution in [3.63, 3.8) is 0 Å². The maximum Gasteiger partial charge on any atom is 0.272 e. The molecule has 1 N–H and O–H groups in total. The Kier molecular flexibility index (Phi) is 3.05. The monoisotopic (exact) mass is 270 g/mol. The lowest BCUT2D eigenvalue weighted by Crippen LogP contribution is -2.17. The quantitative estimate of drug-likeness (QED) is 0.727. The Balaban J connectivity index is 2.15. The van der Waals surface area contributed by atoms with Crippen LogP contribution in [0, 0.1) is 0 Å². The molecule has 94 valence electrons. The van der Waals surface area contributed by atoms with E-state index < -0.39 is 5.38 Å². The van der Waals surface area contributed by atoms with E-state index in [2.05, 4.69) is 9.97 Å². The predicted octanol–water partition coefficient (Wildman–Crippen LogP) is 3.25. The fraction of sp³-hybridized carbons (Fsp3) is 0.0667. The van der Waals surface area contributed by atoms with Gasteiger partial charge in [-0.15, -0.1) is 11.6 Å². The third kappa shape index (κ3) is 2.25. The SMILES string of the molecule is O=c1[nH]c2ccccc2nc1[C@@H](Cl)c1ccccc1. The summed E-state index contributed by atoms with van der Waals surface area (Å²) in [4.78, 5) is 19.2. The summed E-state index contributed by atoms with van der Waals surface area (Å²) >= 11 is 6.35. The molecule has 4 heteroatoms. The molecular formula is C15H11ClN2O. The lowest BCUT2D eigenvalue weighted by Gasteiger charge is -2.09. The molecule has 1 heterocycles. The highest BCUT2D eigenvalue weighted by Gasteiger charge is 2.16. The van der Waals surface area contributed by atoms with Crippen molar-refractivity contribution in [1.29, 1.82) is 0 Å². The van der Waals surface area contributed by atoms with Gasteiger partial charge in [-0.25, -0.2) is 4.98 Å². The number of rotatable bonds is 2. The lowest BCUT2D eigenvalue weighted by molar-refractivity contribution is 0.999. The first-order valence-electron chi connectivity index (χ1n) is 5.93. The van der Waals surface area contributed by atoms with E-state index in [1.807, 2.05) is 54.6 Å². The fourth-order valence-corrected chi connectivity index (χ4v) is 2.29. The summed E-state index contributed by atoms with van der Waals surface area (Å²) in [5, 5.41) is -0.547. The average Bonchev–Trinajstić information content (AvgIpc) is 2.47. The number of halogens is 1. The zero-order valence-corrected chi connectivity index (χ0v) is 10.8. The summed E-state index contributed by atoms with van der Waals surface area (Å²) in [6.07, 6.45) is 0. The zero-order valence-electron chi connectivity index (χ0n) is 10.0. The third-order valence-electron chi connectivity index (χ3n) is 2.96. The molecule has 0 bridgehead atoms. The second kappa shape index (κ2) is 4.86. The summed E-state index contributed by atoms with van der Waals surface area (Å²) in [5.41, 5.74) is 2.39. The first kappa shape index (κ1) is 11.9. The van der Waals surface area contributed by atoms with E-state index in [1.165, 1.54) is 0 Å². The van der Waals surface area contributed by atoms with Crippen LogP contribution in [0.1, 0.15) is 16.6 Å². The van der Waals surface area contributed by atoms with E-state index in [-0.39, 0.29) is 5.56 Å². The molecule has 0 saturated carbocycles. The van der Waals surface area contributed by atoms with Crippen LogP contribution in [0.25, 0.3) is 11.0 Å². The molecule has 0 spiro atoms. The Labute approximate surface area is 114 Å². The Morgan fingerprint density at radius 1 is 1.00 bits per heavy atom. The van der Waals surface area contributed by atoms with Crippen LogP contribution >= 0.6 is 11.6 Å². The second-order valence-corrected chi connectivity index (χ2v) is 4.68. The van der Waals surface area contributed by atoms with E-state index in [1.54, 1.807) is 0 Å². The molecule has 0 unspecified atom stereocenters. The molecule has 1 aromatic heterocycles. The van der Waals surface area contributed by atoms with Gasteiger partial charge in [-0.05, 0) is 17.7 Å². The van der Waals surface area contributed by atoms with Gasteiger partial charge in [0.2, 0.25) is 0 Å². The van der Waals surface area contributed by atoms with Gasteiger partial charge in [-0.1, -0.05) is 42.5 Å². The summed E-state index contributed by atoms with van der Waals surface area (Å²) in [6.45, 7) is 0. The lowest BCUT2D eigenvalue weighted by atomic mass is 10.1. The highest BCUT2D eigenvalue weighted by atomic mass is 35.5. The van der Waals surface area contributed by atoms with Crippen LogP contribution in [0.2, 0.25) is 0 Å². The highest BCUT2D eigenvalue weighted by molar-refractivity contribution is 6.22. The number of aromatic amines is 1. The van der Waals surface area contributed by atoms with Crippen molar-refractivity contribution in [3.8, 4) is 0 Å². The van der Waals surface area contributed by atoms with Crippen molar-refractivity contribution in [2.75, 3.05) is 0 Å². The van der Waals surface area contributed by atoms with Gasteiger partial charge in [-0.2, -0.15) is 0 Å². The number of hydrogen-bond donors (Lipinski definition) is 1. The molecule has 3 nitrogen and oxygen atoms in total. The maximum atomic E-state index is 12.0. The molecule has 3 rings (SSSR count). The first-order valence-corrected chi connectivity index (χ1v) is 6.37. The van der Waals surface area contributed by atoms with Crippen LogP contribution in [0.4, 0.5) is 0 Å². The normalized spacial score (nSPS) is 12.5. The molecule has 0 fully saturated rings. The summed E-state index contributed by atoms with van der Waals surface area (Å²) in [5.74, 6) is 0. The number of nitrogens with zero attached hydrogens (tertiary/aromatic N) is 1. The van der Waals surface area contributed by atoms with Crippen molar-refractivity contribution in [1.82, 2.24) is 9.97 Å². The van der Waals surface area contributed by atoms with Gasteiger partial charge in [-0.3, -0.25) is 4.79 Å². The standard InChI is InChI=1S/C15H11ClN2O/c16-13(10-6-2-1-3-7-10)14-15(19)18-12-9-5-4-8-11(12)17-14/h1-9,13H,(H,18,19)/t13-/m0/s1. The van der Waals surface area contributed by atoms with Gasteiger partial charge < -0.3 is 4.98 Å². The van der Waals surface area contributed by atoms with E-state index in [9.17, 15) is 4.79 Å². The van der Waals surface area contributed by atoms with Gasteiger partial charge in [0, 0.05) is 0 Å². The molecule has 1 atom stereocenters. The number of nitrogens with one attached hydrogen (secondary N) is 1.